The molecular formula is C14H19F3N2O3. The van der Waals surface area contributed by atoms with Crippen LogP contribution in [0.15, 0.2) is 18.2 Å². The number of benzene rings is 1. The predicted molar refractivity (Wildman–Crippen MR) is 75.5 cm³/mol. The van der Waals surface area contributed by atoms with Crippen LogP contribution in [0.25, 0.3) is 0 Å². The standard InChI is InChI=1S/C14H19F3N2O3/c1-14(2,3)11(20)7-18-13(21)19-8-4-5-10(9(15)6-8)22-12(16)17/h4-6,11-12,20H,7H2,1-3H3,(H2,18,19,21). The van der Waals surface area contributed by atoms with Gasteiger partial charge >= 0.3 is 12.6 Å². The topological polar surface area (TPSA) is 70.6 Å². The van der Waals surface area contributed by atoms with Gasteiger partial charge in [0.25, 0.3) is 0 Å². The molecule has 5 nitrogen and oxygen atoms in total. The smallest absolute Gasteiger partial charge is 0.387 e. The predicted octanol–water partition coefficient (Wildman–Crippen LogP) is 2.96. The van der Waals surface area contributed by atoms with E-state index in [0.29, 0.717) is 0 Å². The lowest BCUT2D eigenvalue weighted by Gasteiger charge is -2.25. The first-order chi connectivity index (χ1) is 10.1. The van der Waals surface area contributed by atoms with Gasteiger partial charge in [-0.1, -0.05) is 20.8 Å². The van der Waals surface area contributed by atoms with Crippen LogP contribution in [0, 0.1) is 11.2 Å². The zero-order chi connectivity index (χ0) is 16.9. The minimum atomic E-state index is -3.13. The molecule has 0 fully saturated rings. The number of carbonyl (C=O) groups excluding carboxylic acids is 1. The minimum Gasteiger partial charge on any atom is -0.432 e. The number of aliphatic hydroxyl groups excluding tert-OH is 1. The molecule has 1 unspecified atom stereocenters. The Morgan fingerprint density at radius 1 is 1.36 bits per heavy atom. The maximum absolute atomic E-state index is 13.5. The Labute approximate surface area is 126 Å². The summed E-state index contributed by atoms with van der Waals surface area (Å²) in [5.74, 6) is -1.63. The molecule has 0 aliphatic rings. The monoisotopic (exact) mass is 320 g/mol. The van der Waals surface area contributed by atoms with Crippen LogP contribution in [-0.2, 0) is 0 Å². The van der Waals surface area contributed by atoms with Crippen molar-refractivity contribution < 1.29 is 27.8 Å². The van der Waals surface area contributed by atoms with Crippen molar-refractivity contribution in [2.45, 2.75) is 33.5 Å². The van der Waals surface area contributed by atoms with Gasteiger partial charge in [0.15, 0.2) is 11.6 Å². The fourth-order valence-electron chi connectivity index (χ4n) is 1.44. The van der Waals surface area contributed by atoms with Crippen LogP contribution in [0.3, 0.4) is 0 Å². The van der Waals surface area contributed by atoms with Crippen molar-refractivity contribution in [3.63, 3.8) is 0 Å². The number of nitrogens with one attached hydrogen (secondary N) is 2. The lowest BCUT2D eigenvalue weighted by atomic mass is 9.89. The van der Waals surface area contributed by atoms with Crippen LogP contribution in [0.2, 0.25) is 0 Å². The van der Waals surface area contributed by atoms with Gasteiger partial charge in [0.2, 0.25) is 0 Å². The highest BCUT2D eigenvalue weighted by molar-refractivity contribution is 5.89. The van der Waals surface area contributed by atoms with Crippen LogP contribution in [-0.4, -0.2) is 30.4 Å². The van der Waals surface area contributed by atoms with Gasteiger partial charge in [0.1, 0.15) is 0 Å². The molecule has 0 bridgehead atoms. The summed E-state index contributed by atoms with van der Waals surface area (Å²) in [5, 5.41) is 14.5. The molecule has 3 N–H and O–H groups in total. The number of hydrogen-bond donors (Lipinski definition) is 3. The van der Waals surface area contributed by atoms with E-state index in [9.17, 15) is 23.1 Å². The summed E-state index contributed by atoms with van der Waals surface area (Å²) in [6.45, 7) is 2.33. The molecule has 0 aromatic heterocycles. The first kappa shape index (κ1) is 18.1. The summed E-state index contributed by atoms with van der Waals surface area (Å²) in [7, 11) is 0. The third-order valence-electron chi connectivity index (χ3n) is 2.86. The summed E-state index contributed by atoms with van der Waals surface area (Å²) < 4.78 is 41.4. The Morgan fingerprint density at radius 3 is 2.50 bits per heavy atom. The number of urea groups is 1. The summed E-state index contributed by atoms with van der Waals surface area (Å²) >= 11 is 0. The van der Waals surface area contributed by atoms with E-state index in [0.717, 1.165) is 12.1 Å². The second-order valence-corrected chi connectivity index (χ2v) is 5.74. The molecule has 1 atom stereocenters. The van der Waals surface area contributed by atoms with Crippen LogP contribution in [0.1, 0.15) is 20.8 Å². The zero-order valence-corrected chi connectivity index (χ0v) is 12.5. The minimum absolute atomic E-state index is 0.0182. The molecule has 0 aliphatic heterocycles. The molecule has 0 saturated carbocycles. The third-order valence-corrected chi connectivity index (χ3v) is 2.86. The number of carbonyl (C=O) groups is 1. The summed E-state index contributed by atoms with van der Waals surface area (Å²) in [6, 6.07) is 2.42. The lowest BCUT2D eigenvalue weighted by molar-refractivity contribution is -0.0521. The van der Waals surface area contributed by atoms with Crippen molar-refractivity contribution >= 4 is 11.7 Å². The number of rotatable bonds is 5. The van der Waals surface area contributed by atoms with Crippen LogP contribution < -0.4 is 15.4 Å². The number of ether oxygens (including phenoxy) is 1. The quantitative estimate of drug-likeness (QED) is 0.781. The maximum Gasteiger partial charge on any atom is 0.387 e. The molecule has 0 radical (unpaired) electrons. The lowest BCUT2D eigenvalue weighted by Crippen LogP contribution is -2.40. The summed E-state index contributed by atoms with van der Waals surface area (Å²) in [6.07, 6.45) is -0.753. The van der Waals surface area contributed by atoms with Crippen LogP contribution in [0.4, 0.5) is 23.7 Å². The number of alkyl halides is 2. The van der Waals surface area contributed by atoms with Gasteiger partial charge in [-0.2, -0.15) is 8.78 Å². The van der Waals surface area contributed by atoms with Crippen molar-refractivity contribution in [2.75, 3.05) is 11.9 Å². The molecule has 1 rings (SSSR count). The molecule has 0 aliphatic carbocycles. The normalized spacial score (nSPS) is 12.9. The number of anilines is 1. The molecule has 0 saturated heterocycles. The molecule has 22 heavy (non-hydrogen) atoms. The zero-order valence-electron chi connectivity index (χ0n) is 12.5. The molecule has 0 spiro atoms. The molecule has 1 aromatic carbocycles. The highest BCUT2D eigenvalue weighted by Gasteiger charge is 2.22. The van der Waals surface area contributed by atoms with Crippen molar-refractivity contribution in [2.24, 2.45) is 5.41 Å². The fourth-order valence-corrected chi connectivity index (χ4v) is 1.44. The highest BCUT2D eigenvalue weighted by Crippen LogP contribution is 2.23. The Kier molecular flexibility index (Phi) is 6.04. The van der Waals surface area contributed by atoms with E-state index in [1.807, 2.05) is 20.8 Å². The van der Waals surface area contributed by atoms with Gasteiger partial charge in [-0.05, 0) is 17.5 Å². The molecule has 124 valence electrons. The average Bonchev–Trinajstić information content (AvgIpc) is 2.37. The Morgan fingerprint density at radius 2 is 2.00 bits per heavy atom. The number of aliphatic hydroxyl groups is 1. The van der Waals surface area contributed by atoms with Crippen molar-refractivity contribution in [1.82, 2.24) is 5.32 Å². The Hall–Kier alpha value is -1.96. The van der Waals surface area contributed by atoms with E-state index >= 15 is 0 Å². The van der Waals surface area contributed by atoms with Gasteiger partial charge in [0.05, 0.1) is 6.10 Å². The SMILES string of the molecule is CC(C)(C)C(O)CNC(=O)Nc1ccc(OC(F)F)c(F)c1. The van der Waals surface area contributed by atoms with Crippen molar-refractivity contribution in [3.8, 4) is 5.75 Å². The highest BCUT2D eigenvalue weighted by atomic mass is 19.3. The number of halogens is 3. The second kappa shape index (κ2) is 7.35. The summed E-state index contributed by atoms with van der Waals surface area (Å²) in [5.41, 5.74) is -0.324. The Bertz CT molecular complexity index is 519. The first-order valence-electron chi connectivity index (χ1n) is 6.57. The number of amides is 2. The fraction of sp³-hybridized carbons (Fsp3) is 0.500. The molecule has 0 heterocycles. The molecule has 2 amide bonds. The number of hydrogen-bond acceptors (Lipinski definition) is 3. The van der Waals surface area contributed by atoms with E-state index in [4.69, 9.17) is 0 Å². The molecular weight excluding hydrogens is 301 g/mol. The van der Waals surface area contributed by atoms with E-state index in [-0.39, 0.29) is 12.2 Å². The Balaban J connectivity index is 2.56. The molecule has 8 heteroatoms. The van der Waals surface area contributed by atoms with E-state index in [2.05, 4.69) is 15.4 Å². The van der Waals surface area contributed by atoms with Crippen LogP contribution >= 0.6 is 0 Å². The maximum atomic E-state index is 13.5. The van der Waals surface area contributed by atoms with Crippen molar-refractivity contribution in [1.29, 1.82) is 0 Å². The summed E-state index contributed by atoms with van der Waals surface area (Å²) in [4.78, 5) is 11.6. The van der Waals surface area contributed by atoms with Crippen molar-refractivity contribution in [3.05, 3.63) is 24.0 Å². The van der Waals surface area contributed by atoms with Gasteiger partial charge < -0.3 is 20.5 Å². The van der Waals surface area contributed by atoms with Gasteiger partial charge in [-0.25, -0.2) is 9.18 Å². The first-order valence-corrected chi connectivity index (χ1v) is 6.57. The molecule has 1 aromatic rings. The average molecular weight is 320 g/mol. The largest absolute Gasteiger partial charge is 0.432 e. The van der Waals surface area contributed by atoms with Gasteiger partial charge in [-0.15, -0.1) is 0 Å². The van der Waals surface area contributed by atoms with E-state index in [1.54, 1.807) is 0 Å². The second-order valence-electron chi connectivity index (χ2n) is 5.74. The third kappa shape index (κ3) is 5.80. The van der Waals surface area contributed by atoms with Gasteiger partial charge in [-0.3, -0.25) is 0 Å². The van der Waals surface area contributed by atoms with E-state index < -0.39 is 35.7 Å². The van der Waals surface area contributed by atoms with Gasteiger partial charge in [0, 0.05) is 18.3 Å². The van der Waals surface area contributed by atoms with Crippen LogP contribution in [0.5, 0.6) is 5.75 Å². The van der Waals surface area contributed by atoms with E-state index in [1.165, 1.54) is 6.07 Å².